The van der Waals surface area contributed by atoms with Crippen LogP contribution < -0.4 is 0 Å². The third-order valence-corrected chi connectivity index (χ3v) is 8.79. The quantitative estimate of drug-likeness (QED) is 0.534. The predicted octanol–water partition coefficient (Wildman–Crippen LogP) is 3.37. The second-order valence-electron chi connectivity index (χ2n) is 7.10. The van der Waals surface area contributed by atoms with Gasteiger partial charge < -0.3 is 18.7 Å². The van der Waals surface area contributed by atoms with Gasteiger partial charge in [0.25, 0.3) is 0 Å². The van der Waals surface area contributed by atoms with Gasteiger partial charge in [-0.25, -0.2) is 0 Å². The molecule has 1 saturated heterocycles. The predicted molar refractivity (Wildman–Crippen MR) is 82.2 cm³/mol. The Hall–Kier alpha value is -0.233. The van der Waals surface area contributed by atoms with E-state index in [2.05, 4.69) is 33.9 Å². The molecule has 0 unspecified atom stereocenters. The van der Waals surface area contributed by atoms with E-state index in [1.54, 1.807) is 0 Å². The Morgan fingerprint density at radius 3 is 2.50 bits per heavy atom. The highest BCUT2D eigenvalue weighted by Crippen LogP contribution is 2.36. The molecule has 0 aromatic heterocycles. The number of carbonyl (C=O) groups excluding carboxylic acids is 1. The van der Waals surface area contributed by atoms with E-state index in [9.17, 15) is 4.79 Å². The van der Waals surface area contributed by atoms with E-state index in [1.807, 2.05) is 0 Å². The fraction of sp³-hybridized carbons (Fsp3) is 0.933. The van der Waals surface area contributed by atoms with Gasteiger partial charge in [-0.05, 0) is 37.4 Å². The third-order valence-electron chi connectivity index (χ3n) is 4.29. The molecule has 2 atom stereocenters. The van der Waals surface area contributed by atoms with Crippen molar-refractivity contribution in [1.29, 1.82) is 0 Å². The van der Waals surface area contributed by atoms with Crippen LogP contribution in [0.25, 0.3) is 0 Å². The molecule has 1 rings (SSSR count). The monoisotopic (exact) mass is 302 g/mol. The lowest BCUT2D eigenvalue weighted by Crippen LogP contribution is -2.42. The van der Waals surface area contributed by atoms with Gasteiger partial charge in [0.05, 0.1) is 12.5 Å². The number of carbonyl (C=O) groups is 1. The molecule has 0 bridgehead atoms. The average Bonchev–Trinajstić information content (AvgIpc) is 2.39. The van der Waals surface area contributed by atoms with Gasteiger partial charge in [0, 0.05) is 13.2 Å². The first-order valence-electron chi connectivity index (χ1n) is 7.59. The summed E-state index contributed by atoms with van der Waals surface area (Å²) in [6, 6.07) is 0. The van der Waals surface area contributed by atoms with Gasteiger partial charge in [0.2, 0.25) is 0 Å². The van der Waals surface area contributed by atoms with Crippen molar-refractivity contribution in [2.24, 2.45) is 5.92 Å². The van der Waals surface area contributed by atoms with Crippen LogP contribution in [0.3, 0.4) is 0 Å². The molecule has 0 amide bonds. The maximum absolute atomic E-state index is 11.2. The largest absolute Gasteiger partial charge is 0.416 e. The number of hydrogen-bond donors (Lipinski definition) is 0. The minimum Gasteiger partial charge on any atom is -0.416 e. The summed E-state index contributed by atoms with van der Waals surface area (Å²) in [4.78, 5) is 11.2. The molecule has 1 fully saturated rings. The lowest BCUT2D eigenvalue weighted by atomic mass is 10.2. The van der Waals surface area contributed by atoms with Gasteiger partial charge in [0.1, 0.15) is 6.29 Å². The summed E-state index contributed by atoms with van der Waals surface area (Å²) < 4.78 is 17.2. The van der Waals surface area contributed by atoms with Crippen molar-refractivity contribution in [2.75, 3.05) is 19.8 Å². The Bertz CT molecular complexity index is 293. The fourth-order valence-corrected chi connectivity index (χ4v) is 2.80. The molecule has 1 heterocycles. The van der Waals surface area contributed by atoms with Crippen molar-refractivity contribution in [3.8, 4) is 0 Å². The van der Waals surface area contributed by atoms with E-state index in [4.69, 9.17) is 13.9 Å². The van der Waals surface area contributed by atoms with Crippen molar-refractivity contribution in [3.05, 3.63) is 0 Å². The molecule has 0 aromatic carbocycles. The highest BCUT2D eigenvalue weighted by molar-refractivity contribution is 6.74. The summed E-state index contributed by atoms with van der Waals surface area (Å²) in [5.41, 5.74) is 0. The Labute approximate surface area is 124 Å². The molecule has 0 spiro atoms. The average molecular weight is 302 g/mol. The van der Waals surface area contributed by atoms with Crippen molar-refractivity contribution in [3.63, 3.8) is 0 Å². The van der Waals surface area contributed by atoms with E-state index in [0.29, 0.717) is 13.2 Å². The summed E-state index contributed by atoms with van der Waals surface area (Å²) >= 11 is 0. The number of hydrogen-bond acceptors (Lipinski definition) is 4. The zero-order valence-electron chi connectivity index (χ0n) is 13.6. The third kappa shape index (κ3) is 5.64. The molecule has 20 heavy (non-hydrogen) atoms. The lowest BCUT2D eigenvalue weighted by Gasteiger charge is -2.36. The minimum atomic E-state index is -1.80. The van der Waals surface area contributed by atoms with Crippen LogP contribution in [-0.4, -0.2) is 40.7 Å². The molecule has 1 aliphatic rings. The molecule has 4 nitrogen and oxygen atoms in total. The van der Waals surface area contributed by atoms with Crippen LogP contribution in [0, 0.1) is 5.92 Å². The van der Waals surface area contributed by atoms with E-state index < -0.39 is 8.32 Å². The Kier molecular flexibility index (Phi) is 6.85. The smallest absolute Gasteiger partial charge is 0.192 e. The maximum Gasteiger partial charge on any atom is 0.192 e. The topological polar surface area (TPSA) is 44.8 Å². The molecule has 0 saturated carbocycles. The summed E-state index contributed by atoms with van der Waals surface area (Å²) in [5, 5.41) is 0.160. The fourth-order valence-electron chi connectivity index (χ4n) is 1.73. The molecule has 0 radical (unpaired) electrons. The maximum atomic E-state index is 11.2. The molecule has 5 heteroatoms. The first-order valence-corrected chi connectivity index (χ1v) is 10.5. The highest BCUT2D eigenvalue weighted by atomic mass is 28.4. The lowest BCUT2D eigenvalue weighted by molar-refractivity contribution is -0.170. The highest BCUT2D eigenvalue weighted by Gasteiger charge is 2.37. The van der Waals surface area contributed by atoms with Gasteiger partial charge in [-0.15, -0.1) is 0 Å². The van der Waals surface area contributed by atoms with Gasteiger partial charge in [0.15, 0.2) is 14.6 Å². The van der Waals surface area contributed by atoms with Crippen molar-refractivity contribution in [2.45, 2.75) is 64.5 Å². The summed E-state index contributed by atoms with van der Waals surface area (Å²) in [6.45, 7) is 12.6. The van der Waals surface area contributed by atoms with Crippen LogP contribution in [-0.2, 0) is 18.7 Å². The normalized spacial score (nSPS) is 22.6. The first kappa shape index (κ1) is 17.8. The molecular weight excluding hydrogens is 272 g/mol. The van der Waals surface area contributed by atoms with E-state index >= 15 is 0 Å². The SMILES string of the molecule is CC(C)(C)[Si](C)(C)OC[C@@H](C=O)CO[C@@H]1CCCCO1. The summed E-state index contributed by atoms with van der Waals surface area (Å²) in [7, 11) is -1.80. The zero-order chi connectivity index (χ0) is 15.2. The van der Waals surface area contributed by atoms with E-state index in [1.165, 1.54) is 0 Å². The Morgan fingerprint density at radius 1 is 1.30 bits per heavy atom. The van der Waals surface area contributed by atoms with E-state index in [0.717, 1.165) is 32.2 Å². The number of ether oxygens (including phenoxy) is 2. The van der Waals surface area contributed by atoms with Crippen LogP contribution in [0.2, 0.25) is 18.1 Å². The van der Waals surface area contributed by atoms with Crippen LogP contribution >= 0.6 is 0 Å². The first-order chi connectivity index (χ1) is 9.26. The number of rotatable bonds is 7. The van der Waals surface area contributed by atoms with Gasteiger partial charge in [-0.2, -0.15) is 0 Å². The van der Waals surface area contributed by atoms with Crippen LogP contribution in [0.4, 0.5) is 0 Å². The number of aldehydes is 1. The van der Waals surface area contributed by atoms with Crippen molar-refractivity contribution in [1.82, 2.24) is 0 Å². The standard InChI is InChI=1S/C15H30O4Si/c1-15(2,3)20(4,5)19-12-13(10-16)11-18-14-8-6-7-9-17-14/h10,13-14H,6-9,11-12H2,1-5H3/t13-,14+/m0/s1. The molecule has 118 valence electrons. The van der Waals surface area contributed by atoms with Gasteiger partial charge in [-0.1, -0.05) is 20.8 Å². The molecule has 0 N–H and O–H groups in total. The Morgan fingerprint density at radius 2 is 2.00 bits per heavy atom. The molecule has 0 aromatic rings. The van der Waals surface area contributed by atoms with E-state index in [-0.39, 0.29) is 17.2 Å². The Balaban J connectivity index is 2.34. The van der Waals surface area contributed by atoms with Gasteiger partial charge >= 0.3 is 0 Å². The minimum absolute atomic E-state index is 0.140. The van der Waals surface area contributed by atoms with Crippen LogP contribution in [0.1, 0.15) is 40.0 Å². The summed E-state index contributed by atoms with van der Waals surface area (Å²) in [6.07, 6.45) is 3.96. The molecule has 0 aliphatic carbocycles. The summed E-state index contributed by atoms with van der Waals surface area (Å²) in [5.74, 6) is -0.199. The van der Waals surface area contributed by atoms with Crippen LogP contribution in [0.5, 0.6) is 0 Å². The van der Waals surface area contributed by atoms with Crippen LogP contribution in [0.15, 0.2) is 0 Å². The molecular formula is C15H30O4Si. The second-order valence-corrected chi connectivity index (χ2v) is 11.9. The van der Waals surface area contributed by atoms with Crippen molar-refractivity contribution >= 4 is 14.6 Å². The molecule has 1 aliphatic heterocycles. The van der Waals surface area contributed by atoms with Crippen molar-refractivity contribution < 1.29 is 18.7 Å². The second kappa shape index (κ2) is 7.68. The van der Waals surface area contributed by atoms with Gasteiger partial charge in [-0.3, -0.25) is 0 Å². The zero-order valence-corrected chi connectivity index (χ0v) is 14.6.